The van der Waals surface area contributed by atoms with Crippen molar-refractivity contribution < 1.29 is 27.9 Å². The van der Waals surface area contributed by atoms with E-state index < -0.39 is 36.0 Å². The zero-order chi connectivity index (χ0) is 15.6. The Labute approximate surface area is 117 Å². The molecule has 2 rings (SSSR count). The fourth-order valence-electron chi connectivity index (χ4n) is 2.22. The Morgan fingerprint density at radius 2 is 1.81 bits per heavy atom. The van der Waals surface area contributed by atoms with Crippen molar-refractivity contribution >= 4 is 11.9 Å². The van der Waals surface area contributed by atoms with Gasteiger partial charge in [0.25, 0.3) is 0 Å². The summed E-state index contributed by atoms with van der Waals surface area (Å²) in [6, 6.07) is 0. The lowest BCUT2D eigenvalue weighted by molar-refractivity contribution is -0.146. The minimum Gasteiger partial charge on any atom is -0.476 e. The largest absolute Gasteiger partial charge is 0.476 e. The molecule has 10 heteroatoms. The van der Waals surface area contributed by atoms with Gasteiger partial charge >= 0.3 is 12.1 Å². The molecular weight excluding hydrogens is 293 g/mol. The number of amides is 1. The van der Waals surface area contributed by atoms with Crippen molar-refractivity contribution in [1.82, 2.24) is 19.9 Å². The number of likely N-dealkylation sites (tertiary alicyclic amines) is 1. The first-order valence-corrected chi connectivity index (χ1v) is 6.32. The van der Waals surface area contributed by atoms with Gasteiger partial charge in [-0.25, -0.2) is 9.48 Å². The Morgan fingerprint density at radius 3 is 2.33 bits per heavy atom. The van der Waals surface area contributed by atoms with Gasteiger partial charge in [0.05, 0.1) is 0 Å². The van der Waals surface area contributed by atoms with E-state index in [9.17, 15) is 22.8 Å². The molecule has 7 nitrogen and oxygen atoms in total. The number of aromatic carboxylic acids is 1. The van der Waals surface area contributed by atoms with Gasteiger partial charge in [-0.15, -0.1) is 5.10 Å². The zero-order valence-electron chi connectivity index (χ0n) is 10.9. The monoisotopic (exact) mass is 306 g/mol. The summed E-state index contributed by atoms with van der Waals surface area (Å²) in [6.45, 7) is 0.302. The number of carbonyl (C=O) groups is 2. The second-order valence-corrected chi connectivity index (χ2v) is 4.69. The third kappa shape index (κ3) is 3.31. The number of hydrogen-bond acceptors (Lipinski definition) is 4. The number of alkyl halides is 3. The third-order valence-corrected chi connectivity index (χ3v) is 3.20. The van der Waals surface area contributed by atoms with Gasteiger partial charge in [0.15, 0.2) is 5.69 Å². The average molecular weight is 306 g/mol. The molecule has 1 saturated heterocycles. The predicted octanol–water partition coefficient (Wildman–Crippen LogP) is 1.01. The fourth-order valence-corrected chi connectivity index (χ4v) is 2.22. The van der Waals surface area contributed by atoms with Gasteiger partial charge in [0.2, 0.25) is 11.6 Å². The number of aromatic nitrogens is 3. The summed E-state index contributed by atoms with van der Waals surface area (Å²) in [6.07, 6.45) is -2.37. The first-order chi connectivity index (χ1) is 9.80. The summed E-state index contributed by atoms with van der Waals surface area (Å²) in [5.41, 5.74) is -2.71. The van der Waals surface area contributed by atoms with Crippen LogP contribution in [0.4, 0.5) is 13.2 Å². The molecule has 0 aromatic carbocycles. The first-order valence-electron chi connectivity index (χ1n) is 6.32. The number of halogens is 3. The number of carboxylic acids is 1. The molecule has 1 N–H and O–H groups in total. The smallest absolute Gasteiger partial charge is 0.435 e. The lowest BCUT2D eigenvalue weighted by atomic mass is 10.1. The van der Waals surface area contributed by atoms with Crippen LogP contribution in [-0.4, -0.2) is 50.0 Å². The van der Waals surface area contributed by atoms with Crippen molar-refractivity contribution in [3.05, 3.63) is 11.4 Å². The van der Waals surface area contributed by atoms with E-state index in [0.29, 0.717) is 17.8 Å². The Kier molecular flexibility index (Phi) is 4.14. The molecule has 1 aromatic rings. The molecule has 0 unspecified atom stereocenters. The lowest BCUT2D eigenvalue weighted by Crippen LogP contribution is -2.38. The number of hydrogen-bond donors (Lipinski definition) is 1. The van der Waals surface area contributed by atoms with Crippen molar-refractivity contribution in [2.45, 2.75) is 32.0 Å². The Morgan fingerprint density at radius 1 is 1.19 bits per heavy atom. The lowest BCUT2D eigenvalue weighted by Gasteiger charge is -2.26. The molecule has 116 valence electrons. The quantitative estimate of drug-likeness (QED) is 0.900. The summed E-state index contributed by atoms with van der Waals surface area (Å²) in [5.74, 6) is -2.36. The zero-order valence-corrected chi connectivity index (χ0v) is 10.9. The second kappa shape index (κ2) is 5.70. The van der Waals surface area contributed by atoms with Gasteiger partial charge in [0, 0.05) is 13.1 Å². The highest BCUT2D eigenvalue weighted by atomic mass is 19.4. The third-order valence-electron chi connectivity index (χ3n) is 3.20. The molecule has 0 saturated carbocycles. The van der Waals surface area contributed by atoms with Gasteiger partial charge < -0.3 is 10.0 Å². The number of carbonyl (C=O) groups excluding carboxylic acids is 1. The molecule has 0 aliphatic carbocycles. The Bertz CT molecular complexity index is 549. The number of rotatable bonds is 3. The molecule has 0 spiro atoms. The summed E-state index contributed by atoms with van der Waals surface area (Å²) >= 11 is 0. The van der Waals surface area contributed by atoms with Crippen LogP contribution in [0.15, 0.2) is 0 Å². The number of nitrogens with zero attached hydrogens (tertiary/aromatic N) is 4. The van der Waals surface area contributed by atoms with Crippen LogP contribution < -0.4 is 0 Å². The van der Waals surface area contributed by atoms with Crippen LogP contribution in [0.5, 0.6) is 0 Å². The van der Waals surface area contributed by atoms with E-state index in [1.165, 1.54) is 4.90 Å². The van der Waals surface area contributed by atoms with Crippen LogP contribution in [0, 0.1) is 0 Å². The van der Waals surface area contributed by atoms with Crippen molar-refractivity contribution in [1.29, 1.82) is 0 Å². The summed E-state index contributed by atoms with van der Waals surface area (Å²) < 4.78 is 39.0. The van der Waals surface area contributed by atoms with Crippen molar-refractivity contribution in [3.8, 4) is 0 Å². The van der Waals surface area contributed by atoms with E-state index >= 15 is 0 Å². The molecule has 1 fully saturated rings. The van der Waals surface area contributed by atoms with E-state index in [2.05, 4.69) is 10.3 Å². The molecule has 1 amide bonds. The van der Waals surface area contributed by atoms with Crippen molar-refractivity contribution in [2.24, 2.45) is 0 Å². The minimum atomic E-state index is -4.95. The van der Waals surface area contributed by atoms with Crippen molar-refractivity contribution in [2.75, 3.05) is 13.1 Å². The molecule has 2 heterocycles. The maximum atomic E-state index is 12.9. The van der Waals surface area contributed by atoms with Gasteiger partial charge in [-0.05, 0) is 19.3 Å². The molecular formula is C11H13F3N4O3. The standard InChI is InChI=1S/C11H13F3N4O3/c12-11(13,14)9-8(10(20)21)15-16-18(9)6-7(19)17-4-2-1-3-5-17/h1-6H2,(H,20,21). The molecule has 0 bridgehead atoms. The predicted molar refractivity (Wildman–Crippen MR) is 62.4 cm³/mol. The van der Waals surface area contributed by atoms with Gasteiger partial charge in [-0.3, -0.25) is 4.79 Å². The molecule has 0 radical (unpaired) electrons. The highest BCUT2D eigenvalue weighted by Gasteiger charge is 2.42. The van der Waals surface area contributed by atoms with E-state index in [4.69, 9.17) is 5.11 Å². The van der Waals surface area contributed by atoms with Gasteiger partial charge in [0.1, 0.15) is 6.54 Å². The molecule has 0 atom stereocenters. The Balaban J connectivity index is 2.23. The van der Waals surface area contributed by atoms with Crippen LogP contribution >= 0.6 is 0 Å². The second-order valence-electron chi connectivity index (χ2n) is 4.69. The topological polar surface area (TPSA) is 88.3 Å². The van der Waals surface area contributed by atoms with E-state index in [1.54, 1.807) is 0 Å². The molecule has 1 aliphatic heterocycles. The van der Waals surface area contributed by atoms with E-state index in [0.717, 1.165) is 19.3 Å². The minimum absolute atomic E-state index is 0.306. The van der Waals surface area contributed by atoms with Crippen LogP contribution in [0.2, 0.25) is 0 Å². The summed E-state index contributed by atoms with van der Waals surface area (Å²) in [4.78, 5) is 24.2. The van der Waals surface area contributed by atoms with Crippen LogP contribution in [0.3, 0.4) is 0 Å². The van der Waals surface area contributed by atoms with Gasteiger partial charge in [-0.1, -0.05) is 5.21 Å². The molecule has 21 heavy (non-hydrogen) atoms. The maximum Gasteiger partial charge on any atom is 0.435 e. The molecule has 1 aliphatic rings. The van der Waals surface area contributed by atoms with Gasteiger partial charge in [-0.2, -0.15) is 13.2 Å². The Hall–Kier alpha value is -2.13. The normalized spacial score (nSPS) is 16.0. The molecule has 1 aromatic heterocycles. The summed E-state index contributed by atoms with van der Waals surface area (Å²) in [5, 5.41) is 14.9. The number of piperidine rings is 1. The van der Waals surface area contributed by atoms with Crippen LogP contribution in [-0.2, 0) is 17.5 Å². The summed E-state index contributed by atoms with van der Waals surface area (Å²) in [7, 11) is 0. The van der Waals surface area contributed by atoms with E-state index in [-0.39, 0.29) is 0 Å². The highest BCUT2D eigenvalue weighted by Crippen LogP contribution is 2.31. The van der Waals surface area contributed by atoms with Crippen LogP contribution in [0.25, 0.3) is 0 Å². The highest BCUT2D eigenvalue weighted by molar-refractivity contribution is 5.87. The van der Waals surface area contributed by atoms with Crippen LogP contribution in [0.1, 0.15) is 35.4 Å². The fraction of sp³-hybridized carbons (Fsp3) is 0.636. The number of carboxylic acid groups (broad SMARTS) is 1. The maximum absolute atomic E-state index is 12.9. The van der Waals surface area contributed by atoms with E-state index in [1.807, 2.05) is 0 Å². The average Bonchev–Trinajstić information content (AvgIpc) is 2.83. The first kappa shape index (κ1) is 15.3. The van der Waals surface area contributed by atoms with Crippen molar-refractivity contribution in [3.63, 3.8) is 0 Å². The SMILES string of the molecule is O=C(O)c1nnn(CC(=O)N2CCCCC2)c1C(F)(F)F.